The standard InChI is InChI=1S/C14H21N3S2/c1-10(2)17(11(3)4)7-8-18-14-16-12-9-15-6-5-13(12)19-14/h5-6,9-11H,7-8H2,1-4H3. The van der Waals surface area contributed by atoms with E-state index in [9.17, 15) is 0 Å². The van der Waals surface area contributed by atoms with Crippen LogP contribution in [-0.2, 0) is 0 Å². The summed E-state index contributed by atoms with van der Waals surface area (Å²) in [5.41, 5.74) is 1.01. The molecule has 104 valence electrons. The summed E-state index contributed by atoms with van der Waals surface area (Å²) in [6, 6.07) is 3.23. The average Bonchev–Trinajstić information content (AvgIpc) is 2.76. The Hall–Kier alpha value is -0.650. The van der Waals surface area contributed by atoms with Crippen molar-refractivity contribution in [1.82, 2.24) is 14.9 Å². The number of hydrogen-bond acceptors (Lipinski definition) is 5. The van der Waals surface area contributed by atoms with Crippen LogP contribution in [0.25, 0.3) is 10.2 Å². The Labute approximate surface area is 123 Å². The molecule has 0 aromatic carbocycles. The smallest absolute Gasteiger partial charge is 0.151 e. The summed E-state index contributed by atoms with van der Waals surface area (Å²) in [5.74, 6) is 1.09. The molecule has 2 aromatic heterocycles. The first-order valence-corrected chi connectivity index (χ1v) is 8.47. The average molecular weight is 295 g/mol. The van der Waals surface area contributed by atoms with Gasteiger partial charge in [-0.2, -0.15) is 0 Å². The van der Waals surface area contributed by atoms with Crippen LogP contribution in [0.1, 0.15) is 27.7 Å². The van der Waals surface area contributed by atoms with Gasteiger partial charge in [-0.1, -0.05) is 11.8 Å². The van der Waals surface area contributed by atoms with Crippen LogP contribution in [0.4, 0.5) is 0 Å². The lowest BCUT2D eigenvalue weighted by atomic mass is 10.2. The molecule has 0 amide bonds. The van der Waals surface area contributed by atoms with Crippen LogP contribution in [0.5, 0.6) is 0 Å². The molecule has 0 N–H and O–H groups in total. The van der Waals surface area contributed by atoms with E-state index in [0.29, 0.717) is 12.1 Å². The number of thiazole rings is 1. The van der Waals surface area contributed by atoms with Gasteiger partial charge in [0.25, 0.3) is 0 Å². The maximum atomic E-state index is 4.60. The van der Waals surface area contributed by atoms with Crippen LogP contribution in [0.15, 0.2) is 22.8 Å². The van der Waals surface area contributed by atoms with E-state index < -0.39 is 0 Å². The predicted octanol–water partition coefficient (Wildman–Crippen LogP) is 3.90. The van der Waals surface area contributed by atoms with E-state index in [2.05, 4.69) is 42.6 Å². The molecule has 3 nitrogen and oxygen atoms in total. The molecule has 0 aliphatic heterocycles. The van der Waals surface area contributed by atoms with Gasteiger partial charge in [0.2, 0.25) is 0 Å². The summed E-state index contributed by atoms with van der Waals surface area (Å²) in [7, 11) is 0. The highest BCUT2D eigenvalue weighted by Crippen LogP contribution is 2.28. The lowest BCUT2D eigenvalue weighted by molar-refractivity contribution is 0.187. The zero-order valence-corrected chi connectivity index (χ0v) is 13.6. The number of rotatable bonds is 6. The largest absolute Gasteiger partial charge is 0.298 e. The number of hydrogen-bond donors (Lipinski definition) is 0. The van der Waals surface area contributed by atoms with Crippen molar-refractivity contribution in [3.63, 3.8) is 0 Å². The van der Waals surface area contributed by atoms with Gasteiger partial charge in [0.15, 0.2) is 4.34 Å². The van der Waals surface area contributed by atoms with E-state index in [-0.39, 0.29) is 0 Å². The van der Waals surface area contributed by atoms with Crippen LogP contribution in [0.2, 0.25) is 0 Å². The van der Waals surface area contributed by atoms with E-state index in [0.717, 1.165) is 22.2 Å². The van der Waals surface area contributed by atoms with Crippen molar-refractivity contribution in [2.24, 2.45) is 0 Å². The van der Waals surface area contributed by atoms with Crippen LogP contribution in [-0.4, -0.2) is 39.2 Å². The van der Waals surface area contributed by atoms with Crippen molar-refractivity contribution in [2.75, 3.05) is 12.3 Å². The first-order chi connectivity index (χ1) is 9.08. The van der Waals surface area contributed by atoms with E-state index in [1.54, 1.807) is 11.3 Å². The molecule has 19 heavy (non-hydrogen) atoms. The molecular weight excluding hydrogens is 274 g/mol. The highest BCUT2D eigenvalue weighted by molar-refractivity contribution is 8.01. The first kappa shape index (κ1) is 14.8. The molecule has 2 rings (SSSR count). The Balaban J connectivity index is 1.91. The molecule has 5 heteroatoms. The normalized spacial score (nSPS) is 12.2. The van der Waals surface area contributed by atoms with Crippen molar-refractivity contribution in [1.29, 1.82) is 0 Å². The molecular formula is C14H21N3S2. The van der Waals surface area contributed by atoms with Gasteiger partial charge < -0.3 is 0 Å². The lowest BCUT2D eigenvalue weighted by Crippen LogP contribution is -2.38. The molecule has 2 aromatic rings. The third kappa shape index (κ3) is 3.91. The van der Waals surface area contributed by atoms with Gasteiger partial charge in [0.05, 0.1) is 10.9 Å². The van der Waals surface area contributed by atoms with Crippen LogP contribution >= 0.6 is 23.1 Å². The lowest BCUT2D eigenvalue weighted by Gasteiger charge is -2.30. The topological polar surface area (TPSA) is 29.0 Å². The second kappa shape index (κ2) is 6.68. The van der Waals surface area contributed by atoms with Gasteiger partial charge in [0.1, 0.15) is 5.52 Å². The Morgan fingerprint density at radius 3 is 2.63 bits per heavy atom. The van der Waals surface area contributed by atoms with Gasteiger partial charge in [-0.15, -0.1) is 11.3 Å². The zero-order chi connectivity index (χ0) is 13.8. The quantitative estimate of drug-likeness (QED) is 0.756. The molecule has 0 radical (unpaired) electrons. The predicted molar refractivity (Wildman–Crippen MR) is 85.1 cm³/mol. The number of nitrogens with zero attached hydrogens (tertiary/aromatic N) is 3. The third-order valence-electron chi connectivity index (χ3n) is 3.07. The molecule has 0 atom stereocenters. The summed E-state index contributed by atoms with van der Waals surface area (Å²) < 4.78 is 2.37. The van der Waals surface area contributed by atoms with E-state index in [1.807, 2.05) is 30.2 Å². The highest BCUT2D eigenvalue weighted by Gasteiger charge is 2.13. The molecule has 0 aliphatic rings. The molecule has 2 heterocycles. The summed E-state index contributed by atoms with van der Waals surface area (Å²) in [6.45, 7) is 10.1. The van der Waals surface area contributed by atoms with Gasteiger partial charge in [0, 0.05) is 30.6 Å². The second-order valence-corrected chi connectivity index (χ2v) is 7.47. The van der Waals surface area contributed by atoms with E-state index in [4.69, 9.17) is 0 Å². The molecule has 0 unspecified atom stereocenters. The van der Waals surface area contributed by atoms with Crippen LogP contribution in [0.3, 0.4) is 0 Å². The molecule has 0 saturated heterocycles. The fourth-order valence-electron chi connectivity index (χ4n) is 2.17. The Bertz CT molecular complexity index is 481. The molecule has 0 fully saturated rings. The Morgan fingerprint density at radius 1 is 1.26 bits per heavy atom. The maximum absolute atomic E-state index is 4.60. The Morgan fingerprint density at radius 2 is 2.00 bits per heavy atom. The van der Waals surface area contributed by atoms with Crippen LogP contribution in [0, 0.1) is 0 Å². The summed E-state index contributed by atoms with van der Waals surface area (Å²) in [5, 5.41) is 0. The van der Waals surface area contributed by atoms with Gasteiger partial charge in [-0.3, -0.25) is 9.88 Å². The zero-order valence-electron chi connectivity index (χ0n) is 12.0. The van der Waals surface area contributed by atoms with Gasteiger partial charge in [-0.05, 0) is 33.8 Å². The SMILES string of the molecule is CC(C)N(CCSc1nc2cnccc2s1)C(C)C. The van der Waals surface area contributed by atoms with Gasteiger partial charge >= 0.3 is 0 Å². The van der Waals surface area contributed by atoms with E-state index >= 15 is 0 Å². The fraction of sp³-hybridized carbons (Fsp3) is 0.571. The number of fused-ring (bicyclic) bond motifs is 1. The van der Waals surface area contributed by atoms with Crippen molar-refractivity contribution >= 4 is 33.3 Å². The number of thioether (sulfide) groups is 1. The molecule has 0 bridgehead atoms. The fourth-order valence-corrected chi connectivity index (χ4v) is 4.23. The van der Waals surface area contributed by atoms with Crippen molar-refractivity contribution in [2.45, 2.75) is 44.1 Å². The molecule has 0 saturated carbocycles. The summed E-state index contributed by atoms with van der Waals surface area (Å²) in [4.78, 5) is 11.2. The monoisotopic (exact) mass is 295 g/mol. The Kier molecular flexibility index (Phi) is 5.19. The minimum atomic E-state index is 0.597. The van der Waals surface area contributed by atoms with Crippen molar-refractivity contribution in [3.8, 4) is 0 Å². The minimum Gasteiger partial charge on any atom is -0.298 e. The number of aromatic nitrogens is 2. The van der Waals surface area contributed by atoms with Crippen molar-refractivity contribution < 1.29 is 0 Å². The summed E-state index contributed by atoms with van der Waals surface area (Å²) in [6.07, 6.45) is 3.67. The maximum Gasteiger partial charge on any atom is 0.151 e. The summed E-state index contributed by atoms with van der Waals surface area (Å²) >= 11 is 3.61. The van der Waals surface area contributed by atoms with E-state index in [1.165, 1.54) is 4.70 Å². The molecule has 0 aliphatic carbocycles. The number of pyridine rings is 1. The minimum absolute atomic E-state index is 0.597. The van der Waals surface area contributed by atoms with Gasteiger partial charge in [-0.25, -0.2) is 4.98 Å². The third-order valence-corrected chi connectivity index (χ3v) is 5.23. The first-order valence-electron chi connectivity index (χ1n) is 6.67. The van der Waals surface area contributed by atoms with Crippen molar-refractivity contribution in [3.05, 3.63) is 18.5 Å². The van der Waals surface area contributed by atoms with Crippen LogP contribution < -0.4 is 0 Å². The molecule has 0 spiro atoms. The highest BCUT2D eigenvalue weighted by atomic mass is 32.2. The second-order valence-electron chi connectivity index (χ2n) is 5.10.